The van der Waals surface area contributed by atoms with Gasteiger partial charge in [0.2, 0.25) is 0 Å². The second kappa shape index (κ2) is 10.6. The number of para-hydroxylation sites is 2. The lowest BCUT2D eigenvalue weighted by molar-refractivity contribution is 0.262. The molecular formula is C26H26N4O5. The average molecular weight is 475 g/mol. The van der Waals surface area contributed by atoms with E-state index in [9.17, 15) is 9.59 Å². The fourth-order valence-electron chi connectivity index (χ4n) is 3.80. The third-order valence-electron chi connectivity index (χ3n) is 5.54. The number of fused-ring (bicyclic) bond motifs is 1. The molecule has 0 saturated carbocycles. The average Bonchev–Trinajstić information content (AvgIpc) is 2.88. The molecule has 180 valence electrons. The van der Waals surface area contributed by atoms with Gasteiger partial charge in [0.05, 0.1) is 32.5 Å². The van der Waals surface area contributed by atoms with Crippen molar-refractivity contribution < 1.29 is 19.0 Å². The van der Waals surface area contributed by atoms with Crippen LogP contribution >= 0.6 is 0 Å². The van der Waals surface area contributed by atoms with Gasteiger partial charge in [0, 0.05) is 11.9 Å². The van der Waals surface area contributed by atoms with Crippen molar-refractivity contribution in [3.63, 3.8) is 0 Å². The van der Waals surface area contributed by atoms with Crippen LogP contribution in [0.1, 0.15) is 5.56 Å². The number of nitrogens with one attached hydrogen (secondary N) is 2. The number of benzene rings is 3. The number of aromatic nitrogens is 2. The van der Waals surface area contributed by atoms with Crippen LogP contribution in [-0.2, 0) is 13.0 Å². The summed E-state index contributed by atoms with van der Waals surface area (Å²) in [7, 11) is 4.62. The molecular weight excluding hydrogens is 448 g/mol. The predicted molar refractivity (Wildman–Crippen MR) is 135 cm³/mol. The molecule has 9 nitrogen and oxygen atoms in total. The standard InChI is InChI=1S/C26H26N4O5/c1-33-18-13-11-17(12-14-18)15-16-30-24(19-7-4-5-8-20(19)28-26(30)32)29-25(31)27-21-9-6-10-22(34-2)23(21)35-3/h4-14H,15-16H2,1-3H3,(H2,27,29,31). The fourth-order valence-corrected chi connectivity index (χ4v) is 3.80. The number of carbonyl (C=O) groups excluding carboxylic acids is 1. The molecule has 0 bridgehead atoms. The Balaban J connectivity index is 1.65. The van der Waals surface area contributed by atoms with Gasteiger partial charge in [-0.2, -0.15) is 4.98 Å². The molecule has 0 aliphatic heterocycles. The fraction of sp³-hybridized carbons (Fsp3) is 0.192. The Morgan fingerprint density at radius 2 is 1.66 bits per heavy atom. The molecule has 1 heterocycles. The summed E-state index contributed by atoms with van der Waals surface area (Å²) in [6.07, 6.45) is 0.559. The van der Waals surface area contributed by atoms with Crippen LogP contribution in [0.4, 0.5) is 16.3 Å². The number of hydrogen-bond acceptors (Lipinski definition) is 6. The first-order valence-electron chi connectivity index (χ1n) is 11.0. The number of nitrogens with zero attached hydrogens (tertiary/aromatic N) is 2. The molecule has 2 amide bonds. The molecule has 0 spiro atoms. The number of carbonyl (C=O) groups is 1. The number of anilines is 2. The summed E-state index contributed by atoms with van der Waals surface area (Å²) in [5.41, 5.74) is 1.48. The molecule has 9 heteroatoms. The van der Waals surface area contributed by atoms with Gasteiger partial charge in [-0.15, -0.1) is 0 Å². The van der Waals surface area contributed by atoms with E-state index in [0.29, 0.717) is 46.9 Å². The number of ether oxygens (including phenoxy) is 3. The lowest BCUT2D eigenvalue weighted by Crippen LogP contribution is -2.30. The highest BCUT2D eigenvalue weighted by atomic mass is 16.5. The normalized spacial score (nSPS) is 10.6. The van der Waals surface area contributed by atoms with Crippen molar-refractivity contribution in [2.24, 2.45) is 0 Å². The Kier molecular flexibility index (Phi) is 7.15. The third kappa shape index (κ3) is 5.19. The van der Waals surface area contributed by atoms with Crippen LogP contribution in [0.15, 0.2) is 71.5 Å². The Morgan fingerprint density at radius 3 is 2.37 bits per heavy atom. The van der Waals surface area contributed by atoms with E-state index >= 15 is 0 Å². The van der Waals surface area contributed by atoms with Crippen LogP contribution in [0.3, 0.4) is 0 Å². The number of methoxy groups -OCH3 is 3. The molecule has 0 saturated heterocycles. The van der Waals surface area contributed by atoms with Gasteiger partial charge in [-0.05, 0) is 48.4 Å². The van der Waals surface area contributed by atoms with Crippen molar-refractivity contribution in [3.05, 3.63) is 82.8 Å². The molecule has 4 rings (SSSR count). The Hall–Kier alpha value is -4.53. The van der Waals surface area contributed by atoms with Crippen molar-refractivity contribution in [1.29, 1.82) is 0 Å². The van der Waals surface area contributed by atoms with Gasteiger partial charge in [0.15, 0.2) is 11.5 Å². The molecule has 35 heavy (non-hydrogen) atoms. The smallest absolute Gasteiger partial charge is 0.349 e. The second-order valence-electron chi connectivity index (χ2n) is 7.63. The van der Waals surface area contributed by atoms with Crippen LogP contribution in [0, 0.1) is 0 Å². The van der Waals surface area contributed by atoms with Gasteiger partial charge in [-0.1, -0.05) is 30.3 Å². The van der Waals surface area contributed by atoms with Crippen molar-refractivity contribution in [3.8, 4) is 17.2 Å². The minimum atomic E-state index is -0.537. The van der Waals surface area contributed by atoms with Crippen molar-refractivity contribution >= 4 is 28.4 Å². The molecule has 0 fully saturated rings. The van der Waals surface area contributed by atoms with Crippen molar-refractivity contribution in [2.75, 3.05) is 32.0 Å². The van der Waals surface area contributed by atoms with E-state index in [1.54, 1.807) is 37.4 Å². The summed E-state index contributed by atoms with van der Waals surface area (Å²) < 4.78 is 17.4. The van der Waals surface area contributed by atoms with Crippen molar-refractivity contribution in [2.45, 2.75) is 13.0 Å². The largest absolute Gasteiger partial charge is 0.497 e. The number of urea groups is 1. The van der Waals surface area contributed by atoms with E-state index < -0.39 is 11.7 Å². The number of aryl methyl sites for hydroxylation is 1. The highest BCUT2D eigenvalue weighted by Gasteiger charge is 2.17. The SMILES string of the molecule is COc1ccc(CCn2c(NC(=O)Nc3cccc(OC)c3OC)c3ccccc3nc2=O)cc1. The van der Waals surface area contributed by atoms with Crippen LogP contribution < -0.4 is 30.5 Å². The molecule has 3 aromatic carbocycles. The minimum Gasteiger partial charge on any atom is -0.497 e. The first-order valence-corrected chi connectivity index (χ1v) is 11.0. The summed E-state index contributed by atoms with van der Waals surface area (Å²) in [5.74, 6) is 1.98. The number of amides is 2. The van der Waals surface area contributed by atoms with Gasteiger partial charge >= 0.3 is 11.7 Å². The van der Waals surface area contributed by atoms with Gasteiger partial charge in [-0.3, -0.25) is 9.88 Å². The maximum Gasteiger partial charge on any atom is 0.349 e. The van der Waals surface area contributed by atoms with Crippen LogP contribution in [0.2, 0.25) is 0 Å². The van der Waals surface area contributed by atoms with Crippen LogP contribution in [-0.4, -0.2) is 36.9 Å². The first kappa shape index (κ1) is 23.6. The number of rotatable bonds is 8. The second-order valence-corrected chi connectivity index (χ2v) is 7.63. The van der Waals surface area contributed by atoms with E-state index in [2.05, 4.69) is 15.6 Å². The summed E-state index contributed by atoms with van der Waals surface area (Å²) >= 11 is 0. The van der Waals surface area contributed by atoms with Crippen molar-refractivity contribution in [1.82, 2.24) is 9.55 Å². The lowest BCUT2D eigenvalue weighted by atomic mass is 10.1. The minimum absolute atomic E-state index is 0.321. The molecule has 0 atom stereocenters. The van der Waals surface area contributed by atoms with Crippen LogP contribution in [0.5, 0.6) is 17.2 Å². The zero-order chi connectivity index (χ0) is 24.8. The summed E-state index contributed by atoms with van der Waals surface area (Å²) in [4.78, 5) is 30.2. The van der Waals surface area contributed by atoms with Gasteiger partial charge in [0.25, 0.3) is 0 Å². The highest BCUT2D eigenvalue weighted by molar-refractivity contribution is 6.05. The zero-order valence-electron chi connectivity index (χ0n) is 19.7. The first-order chi connectivity index (χ1) is 17.0. The zero-order valence-corrected chi connectivity index (χ0v) is 19.7. The monoisotopic (exact) mass is 474 g/mol. The topological polar surface area (TPSA) is 104 Å². The Bertz CT molecular complexity index is 1400. The van der Waals surface area contributed by atoms with E-state index in [-0.39, 0.29) is 0 Å². The summed E-state index contributed by atoms with van der Waals surface area (Å²) in [5, 5.41) is 6.27. The maximum absolute atomic E-state index is 13.0. The van der Waals surface area contributed by atoms with Gasteiger partial charge in [-0.25, -0.2) is 9.59 Å². The molecule has 1 aromatic heterocycles. The maximum atomic E-state index is 13.0. The highest BCUT2D eigenvalue weighted by Crippen LogP contribution is 2.34. The van der Waals surface area contributed by atoms with Gasteiger partial charge in [0.1, 0.15) is 11.6 Å². The summed E-state index contributed by atoms with van der Waals surface area (Å²) in [6, 6.07) is 19.4. The van der Waals surface area contributed by atoms with E-state index in [0.717, 1.165) is 11.3 Å². The van der Waals surface area contributed by atoms with E-state index in [1.165, 1.54) is 18.8 Å². The third-order valence-corrected chi connectivity index (χ3v) is 5.54. The Labute approximate surface area is 202 Å². The molecule has 0 unspecified atom stereocenters. The van der Waals surface area contributed by atoms with Crippen LogP contribution in [0.25, 0.3) is 10.9 Å². The quantitative estimate of drug-likeness (QED) is 0.394. The van der Waals surface area contributed by atoms with Gasteiger partial charge < -0.3 is 19.5 Å². The Morgan fingerprint density at radius 1 is 0.886 bits per heavy atom. The lowest BCUT2D eigenvalue weighted by Gasteiger charge is -2.17. The van der Waals surface area contributed by atoms with E-state index in [1.807, 2.05) is 36.4 Å². The molecule has 2 N–H and O–H groups in total. The van der Waals surface area contributed by atoms with E-state index in [4.69, 9.17) is 14.2 Å². The molecule has 0 radical (unpaired) electrons. The molecule has 0 aliphatic carbocycles. The molecule has 0 aliphatic rings. The number of hydrogen-bond donors (Lipinski definition) is 2. The molecule has 4 aromatic rings. The summed E-state index contributed by atoms with van der Waals surface area (Å²) in [6.45, 7) is 0.321. The predicted octanol–water partition coefficient (Wildman–Crippen LogP) is 4.31.